The van der Waals surface area contributed by atoms with Gasteiger partial charge in [-0.25, -0.2) is 0 Å². The first-order valence-electron chi connectivity index (χ1n) is 14.7. The Hall–Kier alpha value is -4.23. The van der Waals surface area contributed by atoms with E-state index in [4.69, 9.17) is 16.5 Å². The molecule has 0 bridgehead atoms. The molecule has 4 nitrogen and oxygen atoms in total. The minimum absolute atomic E-state index is 0.0334. The summed E-state index contributed by atoms with van der Waals surface area (Å²) in [6, 6.07) is 26.0. The van der Waals surface area contributed by atoms with Crippen LogP contribution < -0.4 is 16.8 Å². The van der Waals surface area contributed by atoms with E-state index >= 15 is 0 Å². The van der Waals surface area contributed by atoms with Crippen LogP contribution in [0.15, 0.2) is 145 Å². The number of aromatic nitrogens is 1. The van der Waals surface area contributed by atoms with Crippen LogP contribution in [0.2, 0.25) is 0 Å². The molecule has 4 unspecified atom stereocenters. The molecule has 1 aromatic heterocycles. The Morgan fingerprint density at radius 1 is 1.02 bits per heavy atom. The van der Waals surface area contributed by atoms with E-state index in [0.29, 0.717) is 0 Å². The van der Waals surface area contributed by atoms with Crippen LogP contribution >= 0.6 is 24.4 Å². The summed E-state index contributed by atoms with van der Waals surface area (Å²) in [6.07, 6.45) is 14.7. The molecular weight excluding hydrogens is 577 g/mol. The summed E-state index contributed by atoms with van der Waals surface area (Å²) >= 11 is 6.10. The van der Waals surface area contributed by atoms with E-state index in [9.17, 15) is 0 Å². The molecule has 6 rings (SSSR count). The molecule has 0 fully saturated rings. The van der Waals surface area contributed by atoms with E-state index in [0.717, 1.165) is 40.0 Å². The van der Waals surface area contributed by atoms with Gasteiger partial charge in [0.05, 0.1) is 11.1 Å². The normalized spacial score (nSPS) is 20.5. The molecule has 2 heterocycles. The van der Waals surface area contributed by atoms with Gasteiger partial charge in [-0.1, -0.05) is 91.5 Å². The number of benzene rings is 3. The zero-order valence-corrected chi connectivity index (χ0v) is 26.1. The molecule has 44 heavy (non-hydrogen) atoms. The van der Waals surface area contributed by atoms with E-state index in [1.165, 1.54) is 27.5 Å². The van der Waals surface area contributed by atoms with Crippen molar-refractivity contribution in [3.05, 3.63) is 168 Å². The van der Waals surface area contributed by atoms with E-state index < -0.39 is 0 Å². The van der Waals surface area contributed by atoms with Crippen molar-refractivity contribution in [2.75, 3.05) is 0 Å². The number of nitrogens with zero attached hydrogens (tertiary/aromatic N) is 1. The molecular formula is C38H36N4S2. The van der Waals surface area contributed by atoms with Gasteiger partial charge >= 0.3 is 0 Å². The average Bonchev–Trinajstić information content (AvgIpc) is 3.60. The van der Waals surface area contributed by atoms with Crippen molar-refractivity contribution in [3.63, 3.8) is 0 Å². The number of thioether (sulfide) groups is 1. The minimum atomic E-state index is -0.384. The summed E-state index contributed by atoms with van der Waals surface area (Å²) in [5.74, 6) is 0.174. The van der Waals surface area contributed by atoms with Crippen molar-refractivity contribution in [1.82, 2.24) is 10.3 Å². The monoisotopic (exact) mass is 612 g/mol. The number of fused-ring (bicyclic) bond motifs is 2. The molecule has 0 radical (unpaired) electrons. The largest absolute Gasteiger partial charge is 0.404 e. The number of hydrogen-bond donors (Lipinski definition) is 4. The van der Waals surface area contributed by atoms with Gasteiger partial charge in [-0.05, 0) is 79.6 Å². The molecule has 4 atom stereocenters. The maximum absolute atomic E-state index is 6.03. The number of pyridine rings is 1. The van der Waals surface area contributed by atoms with Gasteiger partial charge in [-0.15, -0.1) is 18.3 Å². The number of nitrogens with one attached hydrogen (secondary N) is 1. The highest BCUT2D eigenvalue weighted by atomic mass is 32.2. The molecule has 220 valence electrons. The summed E-state index contributed by atoms with van der Waals surface area (Å²) in [7, 11) is 0. The first-order chi connectivity index (χ1) is 21.5. The lowest BCUT2D eigenvalue weighted by Crippen LogP contribution is -2.21. The van der Waals surface area contributed by atoms with Gasteiger partial charge in [0, 0.05) is 30.1 Å². The minimum Gasteiger partial charge on any atom is -0.404 e. The van der Waals surface area contributed by atoms with Crippen LogP contribution in [0.5, 0.6) is 0 Å². The number of hydrogen-bond acceptors (Lipinski definition) is 6. The second kappa shape index (κ2) is 13.2. The molecule has 6 heteroatoms. The molecule has 3 aromatic carbocycles. The van der Waals surface area contributed by atoms with E-state index in [1.807, 2.05) is 30.6 Å². The number of allylic oxidation sites excluding steroid dienone is 4. The summed E-state index contributed by atoms with van der Waals surface area (Å²) in [5.41, 5.74) is 21.8. The third-order valence-corrected chi connectivity index (χ3v) is 9.74. The van der Waals surface area contributed by atoms with Gasteiger partial charge in [0.25, 0.3) is 0 Å². The lowest BCUT2D eigenvalue weighted by atomic mass is 9.69. The van der Waals surface area contributed by atoms with Crippen LogP contribution in [-0.2, 0) is 0 Å². The first kappa shape index (κ1) is 29.8. The van der Waals surface area contributed by atoms with Crippen molar-refractivity contribution in [2.24, 2.45) is 17.4 Å². The van der Waals surface area contributed by atoms with E-state index in [2.05, 4.69) is 115 Å². The Balaban J connectivity index is 1.47. The van der Waals surface area contributed by atoms with Gasteiger partial charge in [-0.3, -0.25) is 4.98 Å². The van der Waals surface area contributed by atoms with Gasteiger partial charge < -0.3 is 16.8 Å². The summed E-state index contributed by atoms with van der Waals surface area (Å²) in [4.78, 5) is 4.85. The van der Waals surface area contributed by atoms with Gasteiger partial charge in [0.15, 0.2) is 0 Å². The second-order valence-electron chi connectivity index (χ2n) is 11.0. The van der Waals surface area contributed by atoms with Gasteiger partial charge in [-0.2, -0.15) is 12.6 Å². The molecule has 2 aliphatic rings. The maximum Gasteiger partial charge on any atom is 0.103 e. The zero-order valence-electron chi connectivity index (χ0n) is 24.4. The van der Waals surface area contributed by atoms with Crippen molar-refractivity contribution >= 4 is 40.7 Å². The van der Waals surface area contributed by atoms with Gasteiger partial charge in [0.2, 0.25) is 0 Å². The summed E-state index contributed by atoms with van der Waals surface area (Å²) < 4.78 is 0. The zero-order chi connectivity index (χ0) is 30.6. The molecule has 0 spiro atoms. The van der Waals surface area contributed by atoms with Crippen LogP contribution in [0.1, 0.15) is 40.1 Å². The third-order valence-electron chi connectivity index (χ3n) is 8.47. The first-order valence-corrected chi connectivity index (χ1v) is 16.2. The highest BCUT2D eigenvalue weighted by Crippen LogP contribution is 2.48. The fourth-order valence-electron chi connectivity index (χ4n) is 6.23. The molecule has 5 N–H and O–H groups in total. The van der Waals surface area contributed by atoms with Crippen molar-refractivity contribution in [1.29, 1.82) is 0 Å². The standard InChI is InChI=1S/C38H36N4S2/c1-3-30-31(4-2)36(35-17-15-29(23-42-35)37(40)43)33-16-14-27(26-13-12-24-8-5-6-9-25(24)20-26)21-34(33)32(30)11-7-10-28(22-39)38-41-18-19-44-38/h3-10,12-23,30,32,37-38,41,43H,1-2,11,39-40H2/b10-7-,28-22+. The predicted octanol–water partition coefficient (Wildman–Crippen LogP) is 8.60. The smallest absolute Gasteiger partial charge is 0.103 e. The maximum atomic E-state index is 6.03. The van der Waals surface area contributed by atoms with Crippen LogP contribution in [0, 0.1) is 5.92 Å². The Labute approximate surface area is 269 Å². The third kappa shape index (κ3) is 5.81. The molecule has 1 aliphatic heterocycles. The Bertz CT molecular complexity index is 1820. The Kier molecular flexibility index (Phi) is 8.94. The Morgan fingerprint density at radius 2 is 1.82 bits per heavy atom. The van der Waals surface area contributed by atoms with Gasteiger partial charge in [0.1, 0.15) is 5.37 Å². The van der Waals surface area contributed by atoms with Crippen molar-refractivity contribution in [3.8, 4) is 11.1 Å². The Morgan fingerprint density at radius 3 is 2.50 bits per heavy atom. The van der Waals surface area contributed by atoms with Crippen LogP contribution in [-0.4, -0.2) is 10.4 Å². The van der Waals surface area contributed by atoms with Crippen molar-refractivity contribution in [2.45, 2.75) is 23.1 Å². The van der Waals surface area contributed by atoms with Crippen molar-refractivity contribution < 1.29 is 0 Å². The molecule has 1 aliphatic carbocycles. The highest BCUT2D eigenvalue weighted by molar-refractivity contribution is 8.03. The molecule has 0 amide bonds. The van der Waals surface area contributed by atoms with Crippen LogP contribution in [0.25, 0.3) is 27.5 Å². The van der Waals surface area contributed by atoms with Crippen LogP contribution in [0.4, 0.5) is 0 Å². The number of thiol groups is 1. The average molecular weight is 613 g/mol. The van der Waals surface area contributed by atoms with Crippen LogP contribution in [0.3, 0.4) is 0 Å². The predicted molar refractivity (Wildman–Crippen MR) is 192 cm³/mol. The van der Waals surface area contributed by atoms with E-state index in [-0.39, 0.29) is 22.6 Å². The number of nitrogens with two attached hydrogens (primary N) is 2. The highest BCUT2D eigenvalue weighted by Gasteiger charge is 2.33. The topological polar surface area (TPSA) is 77.0 Å². The lowest BCUT2D eigenvalue weighted by molar-refractivity contribution is 0.575. The summed E-state index contributed by atoms with van der Waals surface area (Å²) in [5, 5.41) is 7.59. The fraction of sp³-hybridized carbons (Fsp3) is 0.132. The quantitative estimate of drug-likeness (QED) is 0.0659. The molecule has 0 saturated heterocycles. The number of rotatable bonds is 9. The van der Waals surface area contributed by atoms with E-state index in [1.54, 1.807) is 18.0 Å². The second-order valence-corrected chi connectivity index (χ2v) is 12.6. The molecule has 0 saturated carbocycles. The fourth-order valence-corrected chi connectivity index (χ4v) is 7.17. The molecule has 4 aromatic rings. The lowest BCUT2D eigenvalue weighted by Gasteiger charge is -2.35. The summed E-state index contributed by atoms with van der Waals surface area (Å²) in [6.45, 7) is 8.55. The SMILES string of the molecule is C=CC1=C(c2ccc(C(N)S)cn2)c2ccc(-c3ccc4ccccc4c3)cc2C(C/C=C\C(=C/N)C2NC=CS2)C1C=C.